The first-order valence-corrected chi connectivity index (χ1v) is 7.08. The van der Waals surface area contributed by atoms with Gasteiger partial charge in [0.15, 0.2) is 0 Å². The molecule has 0 radical (unpaired) electrons. The zero-order valence-electron chi connectivity index (χ0n) is 12.6. The van der Waals surface area contributed by atoms with Gasteiger partial charge in [-0.1, -0.05) is 13.8 Å². The monoisotopic (exact) mass is 265 g/mol. The SMILES string of the molecule is CCCNc1cc(CN(CC)CC(C)(C)O)ccn1. The van der Waals surface area contributed by atoms with Crippen LogP contribution in [0, 0.1) is 0 Å². The number of nitrogens with one attached hydrogen (secondary N) is 1. The summed E-state index contributed by atoms with van der Waals surface area (Å²) >= 11 is 0. The molecular weight excluding hydrogens is 238 g/mol. The second-order valence-corrected chi connectivity index (χ2v) is 5.59. The second kappa shape index (κ2) is 7.46. The van der Waals surface area contributed by atoms with E-state index in [9.17, 15) is 5.11 Å². The molecule has 2 N–H and O–H groups in total. The first kappa shape index (κ1) is 15.9. The van der Waals surface area contributed by atoms with Crippen molar-refractivity contribution in [3.8, 4) is 0 Å². The van der Waals surface area contributed by atoms with Gasteiger partial charge in [-0.3, -0.25) is 4.90 Å². The van der Waals surface area contributed by atoms with Crippen molar-refractivity contribution in [2.24, 2.45) is 0 Å². The van der Waals surface area contributed by atoms with Gasteiger partial charge in [0.2, 0.25) is 0 Å². The molecule has 1 rings (SSSR count). The van der Waals surface area contributed by atoms with Gasteiger partial charge in [0, 0.05) is 25.8 Å². The van der Waals surface area contributed by atoms with Crippen LogP contribution in [0.3, 0.4) is 0 Å². The van der Waals surface area contributed by atoms with Crippen LogP contribution < -0.4 is 5.32 Å². The summed E-state index contributed by atoms with van der Waals surface area (Å²) in [6, 6.07) is 4.12. The molecule has 108 valence electrons. The van der Waals surface area contributed by atoms with Gasteiger partial charge in [0.1, 0.15) is 5.82 Å². The summed E-state index contributed by atoms with van der Waals surface area (Å²) < 4.78 is 0. The number of aromatic nitrogens is 1. The van der Waals surface area contributed by atoms with Gasteiger partial charge in [-0.05, 0) is 44.5 Å². The molecule has 0 spiro atoms. The molecule has 0 atom stereocenters. The third kappa shape index (κ3) is 6.55. The fourth-order valence-electron chi connectivity index (χ4n) is 2.01. The van der Waals surface area contributed by atoms with Gasteiger partial charge < -0.3 is 10.4 Å². The maximum Gasteiger partial charge on any atom is 0.126 e. The summed E-state index contributed by atoms with van der Waals surface area (Å²) in [5, 5.41) is 13.2. The third-order valence-corrected chi connectivity index (χ3v) is 2.84. The largest absolute Gasteiger partial charge is 0.389 e. The Labute approximate surface area is 116 Å². The maximum absolute atomic E-state index is 9.90. The molecule has 0 aliphatic heterocycles. The van der Waals surface area contributed by atoms with Crippen LogP contribution >= 0.6 is 0 Å². The lowest BCUT2D eigenvalue weighted by Gasteiger charge is -2.28. The van der Waals surface area contributed by atoms with Crippen molar-refractivity contribution in [2.45, 2.75) is 46.3 Å². The Bertz CT molecular complexity index is 374. The highest BCUT2D eigenvalue weighted by Crippen LogP contribution is 2.12. The average Bonchev–Trinajstić information content (AvgIpc) is 2.34. The van der Waals surface area contributed by atoms with Gasteiger partial charge in [0.25, 0.3) is 0 Å². The molecule has 1 aromatic heterocycles. The number of likely N-dealkylation sites (N-methyl/N-ethyl adjacent to an activating group) is 1. The zero-order valence-corrected chi connectivity index (χ0v) is 12.6. The molecule has 0 saturated heterocycles. The molecular formula is C15H27N3O. The molecule has 0 aliphatic rings. The Morgan fingerprint density at radius 2 is 2.11 bits per heavy atom. The highest BCUT2D eigenvalue weighted by molar-refractivity contribution is 5.37. The molecule has 19 heavy (non-hydrogen) atoms. The predicted octanol–water partition coefficient (Wildman–Crippen LogP) is 2.50. The lowest BCUT2D eigenvalue weighted by molar-refractivity contribution is 0.0353. The van der Waals surface area contributed by atoms with E-state index in [0.29, 0.717) is 6.54 Å². The summed E-state index contributed by atoms with van der Waals surface area (Å²) in [6.07, 6.45) is 2.93. The number of hydrogen-bond acceptors (Lipinski definition) is 4. The normalized spacial score (nSPS) is 11.9. The van der Waals surface area contributed by atoms with E-state index in [1.165, 1.54) is 5.56 Å². The van der Waals surface area contributed by atoms with Crippen molar-refractivity contribution >= 4 is 5.82 Å². The molecule has 0 saturated carbocycles. The summed E-state index contributed by atoms with van der Waals surface area (Å²) in [5.74, 6) is 0.929. The van der Waals surface area contributed by atoms with Crippen molar-refractivity contribution in [3.05, 3.63) is 23.9 Å². The Hall–Kier alpha value is -1.13. The van der Waals surface area contributed by atoms with Gasteiger partial charge in [-0.2, -0.15) is 0 Å². The van der Waals surface area contributed by atoms with Crippen LogP contribution in [0.2, 0.25) is 0 Å². The summed E-state index contributed by atoms with van der Waals surface area (Å²) in [7, 11) is 0. The number of aliphatic hydroxyl groups is 1. The highest BCUT2D eigenvalue weighted by Gasteiger charge is 2.17. The quantitative estimate of drug-likeness (QED) is 0.758. The van der Waals surface area contributed by atoms with Crippen LogP contribution in [0.25, 0.3) is 0 Å². The summed E-state index contributed by atoms with van der Waals surface area (Å²) in [5.41, 5.74) is 0.562. The molecule has 1 heterocycles. The first-order chi connectivity index (χ1) is 8.94. The minimum absolute atomic E-state index is 0.660. The van der Waals surface area contributed by atoms with Crippen LogP contribution in [0.1, 0.15) is 39.7 Å². The van der Waals surface area contributed by atoms with Gasteiger partial charge in [-0.25, -0.2) is 4.98 Å². The summed E-state index contributed by atoms with van der Waals surface area (Å²) in [6.45, 7) is 11.3. The Morgan fingerprint density at radius 1 is 1.37 bits per heavy atom. The van der Waals surface area contributed by atoms with E-state index in [4.69, 9.17) is 0 Å². The van der Waals surface area contributed by atoms with Crippen molar-refractivity contribution in [3.63, 3.8) is 0 Å². The van der Waals surface area contributed by atoms with Crippen molar-refractivity contribution < 1.29 is 5.11 Å². The first-order valence-electron chi connectivity index (χ1n) is 7.08. The molecule has 4 heteroatoms. The van der Waals surface area contributed by atoms with E-state index >= 15 is 0 Å². The predicted molar refractivity (Wildman–Crippen MR) is 80.3 cm³/mol. The smallest absolute Gasteiger partial charge is 0.126 e. The van der Waals surface area contributed by atoms with Crippen molar-refractivity contribution in [2.75, 3.05) is 25.0 Å². The summed E-state index contributed by atoms with van der Waals surface area (Å²) in [4.78, 5) is 6.54. The lowest BCUT2D eigenvalue weighted by atomic mass is 10.1. The second-order valence-electron chi connectivity index (χ2n) is 5.59. The van der Waals surface area contributed by atoms with E-state index in [2.05, 4.69) is 35.1 Å². The zero-order chi connectivity index (χ0) is 14.3. The number of rotatable bonds is 8. The van der Waals surface area contributed by atoms with E-state index in [1.54, 1.807) is 0 Å². The minimum atomic E-state index is -0.660. The topological polar surface area (TPSA) is 48.4 Å². The van der Waals surface area contributed by atoms with Gasteiger partial charge >= 0.3 is 0 Å². The van der Waals surface area contributed by atoms with E-state index in [0.717, 1.165) is 31.9 Å². The Kier molecular flexibility index (Phi) is 6.25. The molecule has 0 unspecified atom stereocenters. The number of hydrogen-bond donors (Lipinski definition) is 2. The number of nitrogens with zero attached hydrogens (tertiary/aromatic N) is 2. The van der Waals surface area contributed by atoms with E-state index in [-0.39, 0.29) is 0 Å². The Balaban J connectivity index is 2.63. The van der Waals surface area contributed by atoms with E-state index < -0.39 is 5.60 Å². The van der Waals surface area contributed by atoms with Crippen LogP contribution in [0.15, 0.2) is 18.3 Å². The maximum atomic E-state index is 9.90. The lowest BCUT2D eigenvalue weighted by Crippen LogP contribution is -2.38. The van der Waals surface area contributed by atoms with Crippen LogP contribution in [-0.2, 0) is 6.54 Å². The molecule has 0 aromatic carbocycles. The third-order valence-electron chi connectivity index (χ3n) is 2.84. The van der Waals surface area contributed by atoms with Crippen molar-refractivity contribution in [1.82, 2.24) is 9.88 Å². The van der Waals surface area contributed by atoms with Crippen LogP contribution in [0.5, 0.6) is 0 Å². The molecule has 0 bridgehead atoms. The minimum Gasteiger partial charge on any atom is -0.389 e. The Morgan fingerprint density at radius 3 is 2.68 bits per heavy atom. The van der Waals surface area contributed by atoms with E-state index in [1.807, 2.05) is 26.1 Å². The number of anilines is 1. The fourth-order valence-corrected chi connectivity index (χ4v) is 2.01. The molecule has 1 aromatic rings. The standard InChI is InChI=1S/C15H27N3O/c1-5-8-16-14-10-13(7-9-17-14)11-18(6-2)12-15(3,4)19/h7,9-10,19H,5-6,8,11-12H2,1-4H3,(H,16,17). The molecule has 0 fully saturated rings. The fraction of sp³-hybridized carbons (Fsp3) is 0.667. The molecule has 0 aliphatic carbocycles. The molecule has 0 amide bonds. The van der Waals surface area contributed by atoms with Gasteiger partial charge in [0.05, 0.1) is 5.60 Å². The average molecular weight is 265 g/mol. The van der Waals surface area contributed by atoms with Crippen LogP contribution in [0.4, 0.5) is 5.82 Å². The van der Waals surface area contributed by atoms with Gasteiger partial charge in [-0.15, -0.1) is 0 Å². The number of pyridine rings is 1. The van der Waals surface area contributed by atoms with Crippen LogP contribution in [-0.4, -0.2) is 40.2 Å². The highest BCUT2D eigenvalue weighted by atomic mass is 16.3. The van der Waals surface area contributed by atoms with Crippen molar-refractivity contribution in [1.29, 1.82) is 0 Å². The molecule has 4 nitrogen and oxygen atoms in total.